The molecule has 0 heterocycles. The number of amides is 1. The number of carboxylic acids is 1. The molecule has 24 heavy (non-hydrogen) atoms. The minimum atomic E-state index is -1.12. The van der Waals surface area contributed by atoms with E-state index in [2.05, 4.69) is 5.32 Å². The van der Waals surface area contributed by atoms with Gasteiger partial charge in [0.15, 0.2) is 17.6 Å². The lowest BCUT2D eigenvalue weighted by molar-refractivity contribution is -0.148. The zero-order chi connectivity index (χ0) is 18.1. The first-order valence-corrected chi connectivity index (χ1v) is 7.28. The van der Waals surface area contributed by atoms with Gasteiger partial charge in [0, 0.05) is 13.5 Å². The summed E-state index contributed by atoms with van der Waals surface area (Å²) in [5.41, 5.74) is 0.834. The van der Waals surface area contributed by atoms with Crippen LogP contribution in [0.4, 0.5) is 0 Å². The van der Waals surface area contributed by atoms with Crippen molar-refractivity contribution in [3.8, 4) is 17.2 Å². The first-order valence-electron chi connectivity index (χ1n) is 7.28. The zero-order valence-electron chi connectivity index (χ0n) is 14.3. The molecule has 1 aromatic carbocycles. The third-order valence-corrected chi connectivity index (χ3v) is 3.41. The van der Waals surface area contributed by atoms with Gasteiger partial charge in [-0.05, 0) is 24.1 Å². The maximum absolute atomic E-state index is 11.8. The van der Waals surface area contributed by atoms with Crippen LogP contribution in [0.25, 0.3) is 0 Å². The Morgan fingerprint density at radius 1 is 1.08 bits per heavy atom. The molecular weight excluding hydrogens is 318 g/mol. The van der Waals surface area contributed by atoms with Gasteiger partial charge in [-0.25, -0.2) is 4.79 Å². The molecule has 0 aliphatic carbocycles. The minimum absolute atomic E-state index is 0.0834. The van der Waals surface area contributed by atoms with E-state index in [-0.39, 0.29) is 18.9 Å². The summed E-state index contributed by atoms with van der Waals surface area (Å²) in [4.78, 5) is 22.7. The number of carboxylic acid groups (broad SMARTS) is 1. The van der Waals surface area contributed by atoms with Crippen LogP contribution in [-0.2, 0) is 20.7 Å². The monoisotopic (exact) mass is 341 g/mol. The van der Waals surface area contributed by atoms with E-state index in [0.717, 1.165) is 5.56 Å². The number of nitrogens with one attached hydrogen (secondary N) is 1. The average Bonchev–Trinajstić information content (AvgIpc) is 2.58. The van der Waals surface area contributed by atoms with Gasteiger partial charge in [-0.1, -0.05) is 0 Å². The van der Waals surface area contributed by atoms with Crippen LogP contribution in [-0.4, -0.2) is 58.1 Å². The van der Waals surface area contributed by atoms with E-state index in [0.29, 0.717) is 23.7 Å². The quantitative estimate of drug-likeness (QED) is 0.650. The van der Waals surface area contributed by atoms with E-state index in [1.54, 1.807) is 12.1 Å². The van der Waals surface area contributed by atoms with Crippen LogP contribution in [0, 0.1) is 0 Å². The summed E-state index contributed by atoms with van der Waals surface area (Å²) in [5.74, 6) is 0.113. The number of hydrogen-bond acceptors (Lipinski definition) is 6. The second-order valence-corrected chi connectivity index (χ2v) is 4.90. The van der Waals surface area contributed by atoms with Crippen LogP contribution in [0.15, 0.2) is 12.1 Å². The molecule has 1 atom stereocenters. The Labute approximate surface area is 140 Å². The van der Waals surface area contributed by atoms with Crippen LogP contribution in [0.3, 0.4) is 0 Å². The van der Waals surface area contributed by atoms with Crippen molar-refractivity contribution in [1.29, 1.82) is 0 Å². The Hall–Kier alpha value is -2.48. The van der Waals surface area contributed by atoms with Gasteiger partial charge >= 0.3 is 5.97 Å². The van der Waals surface area contributed by atoms with Crippen molar-refractivity contribution in [3.05, 3.63) is 17.7 Å². The summed E-state index contributed by atoms with van der Waals surface area (Å²) < 4.78 is 20.5. The van der Waals surface area contributed by atoms with Crippen molar-refractivity contribution in [1.82, 2.24) is 5.32 Å². The highest BCUT2D eigenvalue weighted by Crippen LogP contribution is 2.38. The lowest BCUT2D eigenvalue weighted by atomic mass is 10.1. The number of carbonyl (C=O) groups excluding carboxylic acids is 1. The van der Waals surface area contributed by atoms with Gasteiger partial charge in [0.1, 0.15) is 0 Å². The molecule has 0 fully saturated rings. The number of ether oxygens (including phenoxy) is 4. The third kappa shape index (κ3) is 5.31. The predicted molar refractivity (Wildman–Crippen MR) is 85.9 cm³/mol. The van der Waals surface area contributed by atoms with Crippen LogP contribution in [0.5, 0.6) is 17.2 Å². The number of aliphatic carboxylic acids is 1. The molecule has 0 spiro atoms. The maximum atomic E-state index is 11.8. The van der Waals surface area contributed by atoms with Crippen molar-refractivity contribution in [2.75, 3.05) is 35.0 Å². The highest BCUT2D eigenvalue weighted by atomic mass is 16.5. The largest absolute Gasteiger partial charge is 0.493 e. The molecule has 1 amide bonds. The van der Waals surface area contributed by atoms with Gasteiger partial charge in [-0.3, -0.25) is 4.79 Å². The molecule has 8 nitrogen and oxygen atoms in total. The van der Waals surface area contributed by atoms with Gasteiger partial charge < -0.3 is 29.4 Å². The van der Waals surface area contributed by atoms with Gasteiger partial charge in [-0.2, -0.15) is 0 Å². The summed E-state index contributed by atoms with van der Waals surface area (Å²) in [5, 5.41) is 11.4. The van der Waals surface area contributed by atoms with Crippen molar-refractivity contribution in [2.24, 2.45) is 0 Å². The Kier molecular flexibility index (Phi) is 7.84. The van der Waals surface area contributed by atoms with Crippen molar-refractivity contribution in [2.45, 2.75) is 18.9 Å². The lowest BCUT2D eigenvalue weighted by Crippen LogP contribution is -2.37. The summed E-state index contributed by atoms with van der Waals surface area (Å²) in [6.45, 7) is -0.0834. The summed E-state index contributed by atoms with van der Waals surface area (Å²) in [6, 6.07) is 3.54. The first kappa shape index (κ1) is 19.6. The van der Waals surface area contributed by atoms with Crippen molar-refractivity contribution < 1.29 is 33.6 Å². The molecule has 0 saturated heterocycles. The molecule has 134 valence electrons. The number of rotatable bonds is 10. The number of methoxy groups -OCH3 is 4. The molecular formula is C16H23NO7. The number of carbonyl (C=O) groups is 2. The molecule has 1 rings (SSSR count). The van der Waals surface area contributed by atoms with E-state index >= 15 is 0 Å². The lowest BCUT2D eigenvalue weighted by Gasteiger charge is -2.14. The number of hydrogen-bond donors (Lipinski definition) is 2. The van der Waals surface area contributed by atoms with Crippen LogP contribution >= 0.6 is 0 Å². The minimum Gasteiger partial charge on any atom is -0.493 e. The molecule has 8 heteroatoms. The highest BCUT2D eigenvalue weighted by molar-refractivity contribution is 5.78. The Morgan fingerprint density at radius 2 is 1.67 bits per heavy atom. The van der Waals surface area contributed by atoms with E-state index in [9.17, 15) is 9.59 Å². The molecule has 0 aliphatic rings. The van der Waals surface area contributed by atoms with E-state index in [1.165, 1.54) is 28.4 Å². The molecule has 0 radical (unpaired) electrons. The van der Waals surface area contributed by atoms with Crippen molar-refractivity contribution >= 4 is 11.9 Å². The molecule has 0 aromatic heterocycles. The summed E-state index contributed by atoms with van der Waals surface area (Å²) in [6.07, 6.45) is -0.433. The molecule has 1 aromatic rings. The molecule has 0 bridgehead atoms. The third-order valence-electron chi connectivity index (χ3n) is 3.41. The molecule has 0 aliphatic heterocycles. The highest BCUT2D eigenvalue weighted by Gasteiger charge is 2.17. The standard InChI is InChI=1S/C16H23NO7/c1-21-11-7-10(8-12(22-2)15(11)24-4)5-6-14(18)17-9-13(23-3)16(19)20/h7-8,13H,5-6,9H2,1-4H3,(H,17,18)(H,19,20). The van der Waals surface area contributed by atoms with E-state index in [4.69, 9.17) is 24.1 Å². The molecule has 0 saturated carbocycles. The fourth-order valence-corrected chi connectivity index (χ4v) is 2.10. The summed E-state index contributed by atoms with van der Waals surface area (Å²) >= 11 is 0. The van der Waals surface area contributed by atoms with Gasteiger partial charge in [-0.15, -0.1) is 0 Å². The normalized spacial score (nSPS) is 11.5. The Morgan fingerprint density at radius 3 is 2.08 bits per heavy atom. The topological polar surface area (TPSA) is 103 Å². The van der Waals surface area contributed by atoms with Crippen LogP contribution in [0.1, 0.15) is 12.0 Å². The second kappa shape index (κ2) is 9.61. The van der Waals surface area contributed by atoms with Crippen molar-refractivity contribution in [3.63, 3.8) is 0 Å². The summed E-state index contributed by atoms with van der Waals surface area (Å²) in [7, 11) is 5.83. The van der Waals surface area contributed by atoms with E-state index in [1.807, 2.05) is 0 Å². The Bertz CT molecular complexity index is 549. The van der Waals surface area contributed by atoms with Gasteiger partial charge in [0.2, 0.25) is 11.7 Å². The number of benzene rings is 1. The maximum Gasteiger partial charge on any atom is 0.334 e. The SMILES string of the molecule is COc1cc(CCC(=O)NCC(OC)C(=O)O)cc(OC)c1OC. The van der Waals surface area contributed by atoms with Crippen LogP contribution in [0.2, 0.25) is 0 Å². The fourth-order valence-electron chi connectivity index (χ4n) is 2.10. The smallest absolute Gasteiger partial charge is 0.334 e. The van der Waals surface area contributed by atoms with E-state index < -0.39 is 12.1 Å². The molecule has 1 unspecified atom stereocenters. The average molecular weight is 341 g/mol. The Balaban J connectivity index is 2.67. The zero-order valence-corrected chi connectivity index (χ0v) is 14.3. The first-order chi connectivity index (χ1) is 11.5. The predicted octanol–water partition coefficient (Wildman–Crippen LogP) is 0.861. The van der Waals surface area contributed by atoms with Crippen LogP contribution < -0.4 is 19.5 Å². The fraction of sp³-hybridized carbons (Fsp3) is 0.500. The number of aryl methyl sites for hydroxylation is 1. The van der Waals surface area contributed by atoms with Gasteiger partial charge in [0.05, 0.1) is 27.9 Å². The second-order valence-electron chi connectivity index (χ2n) is 4.90. The van der Waals surface area contributed by atoms with Gasteiger partial charge in [0.25, 0.3) is 0 Å². The molecule has 2 N–H and O–H groups in total.